The van der Waals surface area contributed by atoms with Crippen LogP contribution >= 0.6 is 0 Å². The molecule has 0 aromatic heterocycles. The number of rotatable bonds is 5. The van der Waals surface area contributed by atoms with Gasteiger partial charge in [-0.3, -0.25) is 0 Å². The molecule has 0 aliphatic carbocycles. The summed E-state index contributed by atoms with van der Waals surface area (Å²) in [5.41, 5.74) is 0.711. The monoisotopic (exact) mass is 316 g/mol. The first-order valence-corrected chi connectivity index (χ1v) is 8.47. The highest BCUT2D eigenvalue weighted by Gasteiger charge is 2.32. The molecule has 0 spiro atoms. The van der Waals surface area contributed by atoms with Gasteiger partial charge in [0.1, 0.15) is 10.7 Å². The van der Waals surface area contributed by atoms with E-state index in [0.29, 0.717) is 18.7 Å². The molecule has 118 valence electrons. The fourth-order valence-corrected chi connectivity index (χ4v) is 3.87. The van der Waals surface area contributed by atoms with E-state index in [0.717, 1.165) is 6.42 Å². The zero-order valence-electron chi connectivity index (χ0n) is 12.3. The van der Waals surface area contributed by atoms with Gasteiger partial charge in [-0.1, -0.05) is 13.0 Å². The Balaban J connectivity index is 2.26. The molecule has 1 heterocycles. The molecule has 1 N–H and O–H groups in total. The number of morpholine rings is 1. The van der Waals surface area contributed by atoms with Crippen LogP contribution in [0, 0.1) is 5.82 Å². The number of nitrogens with zero attached hydrogens (tertiary/aromatic N) is 1. The van der Waals surface area contributed by atoms with Crippen LogP contribution in [0.15, 0.2) is 23.1 Å². The topological polar surface area (TPSA) is 58.6 Å². The summed E-state index contributed by atoms with van der Waals surface area (Å²) in [7, 11) is -2.06. The molecule has 1 aromatic carbocycles. The molecular formula is C14H21FN2O3S. The second-order valence-corrected chi connectivity index (χ2v) is 6.97. The third-order valence-electron chi connectivity index (χ3n) is 3.55. The van der Waals surface area contributed by atoms with E-state index in [1.54, 1.807) is 13.1 Å². The highest BCUT2D eigenvalue weighted by atomic mass is 32.2. The maximum absolute atomic E-state index is 14.1. The van der Waals surface area contributed by atoms with Crippen LogP contribution in [0.2, 0.25) is 0 Å². The van der Waals surface area contributed by atoms with E-state index in [-0.39, 0.29) is 24.1 Å². The average molecular weight is 316 g/mol. The molecule has 1 aliphatic heterocycles. The van der Waals surface area contributed by atoms with Gasteiger partial charge in [-0.2, -0.15) is 4.31 Å². The lowest BCUT2D eigenvalue weighted by Crippen LogP contribution is -2.45. The third-order valence-corrected chi connectivity index (χ3v) is 5.45. The van der Waals surface area contributed by atoms with Crippen molar-refractivity contribution in [2.75, 3.05) is 26.7 Å². The lowest BCUT2D eigenvalue weighted by molar-refractivity contribution is -0.00283. The highest BCUT2D eigenvalue weighted by Crippen LogP contribution is 2.23. The van der Waals surface area contributed by atoms with Crippen LogP contribution in [-0.2, 0) is 21.3 Å². The number of nitrogens with one attached hydrogen (secondary N) is 1. The summed E-state index contributed by atoms with van der Waals surface area (Å²) >= 11 is 0. The second kappa shape index (κ2) is 6.83. The molecule has 1 fully saturated rings. The fourth-order valence-electron chi connectivity index (χ4n) is 2.36. The zero-order valence-corrected chi connectivity index (χ0v) is 13.1. The smallest absolute Gasteiger partial charge is 0.246 e. The van der Waals surface area contributed by atoms with E-state index in [1.165, 1.54) is 16.4 Å². The Morgan fingerprint density at radius 2 is 2.24 bits per heavy atom. The largest absolute Gasteiger partial charge is 0.375 e. The summed E-state index contributed by atoms with van der Waals surface area (Å²) in [5.74, 6) is -0.706. The van der Waals surface area contributed by atoms with Crippen LogP contribution in [-0.4, -0.2) is 45.6 Å². The molecule has 7 heteroatoms. The van der Waals surface area contributed by atoms with Gasteiger partial charge in [0.15, 0.2) is 0 Å². The molecule has 2 rings (SSSR count). The van der Waals surface area contributed by atoms with Gasteiger partial charge in [0.05, 0.1) is 12.7 Å². The Morgan fingerprint density at radius 3 is 2.86 bits per heavy atom. The van der Waals surface area contributed by atoms with Gasteiger partial charge in [-0.05, 0) is 31.2 Å². The molecule has 0 bridgehead atoms. The standard InChI is InChI=1S/C14H21FN2O3S/c1-3-12-10-17(6-7-20-12)21(18,19)14-5-4-11(9-16-2)8-13(14)15/h4-5,8,12,16H,3,6-7,9-10H2,1-2H3. The van der Waals surface area contributed by atoms with Gasteiger partial charge in [0, 0.05) is 19.6 Å². The van der Waals surface area contributed by atoms with Crippen molar-refractivity contribution < 1.29 is 17.5 Å². The molecule has 0 saturated carbocycles. The molecule has 1 unspecified atom stereocenters. The fraction of sp³-hybridized carbons (Fsp3) is 0.571. The lowest BCUT2D eigenvalue weighted by atomic mass is 10.2. The first-order valence-electron chi connectivity index (χ1n) is 7.03. The SMILES string of the molecule is CCC1CN(S(=O)(=O)c2ccc(CNC)cc2F)CCO1. The average Bonchev–Trinajstić information content (AvgIpc) is 2.47. The van der Waals surface area contributed by atoms with Crippen molar-refractivity contribution in [1.29, 1.82) is 0 Å². The van der Waals surface area contributed by atoms with Crippen molar-refractivity contribution in [3.63, 3.8) is 0 Å². The molecule has 1 saturated heterocycles. The summed E-state index contributed by atoms with van der Waals surface area (Å²) in [6.07, 6.45) is 0.607. The van der Waals surface area contributed by atoms with E-state index >= 15 is 0 Å². The Labute approximate surface area is 125 Å². The van der Waals surface area contributed by atoms with Gasteiger partial charge in [0.2, 0.25) is 10.0 Å². The normalized spacial score (nSPS) is 20.6. The Morgan fingerprint density at radius 1 is 1.48 bits per heavy atom. The van der Waals surface area contributed by atoms with E-state index in [4.69, 9.17) is 4.74 Å². The molecule has 21 heavy (non-hydrogen) atoms. The number of sulfonamides is 1. The predicted molar refractivity (Wildman–Crippen MR) is 78.0 cm³/mol. The Hall–Kier alpha value is -1.02. The molecule has 0 radical (unpaired) electrons. The van der Waals surface area contributed by atoms with Gasteiger partial charge in [-0.15, -0.1) is 0 Å². The number of benzene rings is 1. The van der Waals surface area contributed by atoms with Crippen molar-refractivity contribution in [3.8, 4) is 0 Å². The molecular weight excluding hydrogens is 295 g/mol. The summed E-state index contributed by atoms with van der Waals surface area (Å²) in [5, 5.41) is 2.90. The zero-order chi connectivity index (χ0) is 15.5. The maximum atomic E-state index is 14.1. The van der Waals surface area contributed by atoms with Crippen LogP contribution < -0.4 is 5.32 Å². The first-order chi connectivity index (χ1) is 9.98. The van der Waals surface area contributed by atoms with Crippen LogP contribution in [0.25, 0.3) is 0 Å². The summed E-state index contributed by atoms with van der Waals surface area (Å²) in [6.45, 7) is 3.31. The number of hydrogen-bond acceptors (Lipinski definition) is 4. The first kappa shape index (κ1) is 16.4. The predicted octanol–water partition coefficient (Wildman–Crippen LogP) is 1.34. The minimum absolute atomic E-state index is 0.125. The van der Waals surface area contributed by atoms with Crippen LogP contribution in [0.4, 0.5) is 4.39 Å². The maximum Gasteiger partial charge on any atom is 0.246 e. The number of halogens is 1. The number of ether oxygens (including phenoxy) is 1. The Kier molecular flexibility index (Phi) is 5.32. The van der Waals surface area contributed by atoms with Crippen molar-refractivity contribution in [1.82, 2.24) is 9.62 Å². The van der Waals surface area contributed by atoms with Crippen molar-refractivity contribution in [2.45, 2.75) is 30.9 Å². The van der Waals surface area contributed by atoms with Crippen molar-refractivity contribution >= 4 is 10.0 Å². The number of hydrogen-bond donors (Lipinski definition) is 1. The van der Waals surface area contributed by atoms with Gasteiger partial charge >= 0.3 is 0 Å². The lowest BCUT2D eigenvalue weighted by Gasteiger charge is -2.31. The summed E-state index contributed by atoms with van der Waals surface area (Å²) < 4.78 is 46.0. The minimum Gasteiger partial charge on any atom is -0.375 e. The van der Waals surface area contributed by atoms with Gasteiger partial charge in [0.25, 0.3) is 0 Å². The Bertz CT molecular complexity index is 592. The van der Waals surface area contributed by atoms with E-state index < -0.39 is 15.8 Å². The summed E-state index contributed by atoms with van der Waals surface area (Å²) in [6, 6.07) is 4.24. The molecule has 1 atom stereocenters. The molecule has 0 amide bonds. The van der Waals surface area contributed by atoms with E-state index in [1.807, 2.05) is 6.92 Å². The minimum atomic E-state index is -3.81. The molecule has 1 aromatic rings. The van der Waals surface area contributed by atoms with Gasteiger partial charge < -0.3 is 10.1 Å². The molecule has 5 nitrogen and oxygen atoms in total. The van der Waals surface area contributed by atoms with Crippen LogP contribution in [0.5, 0.6) is 0 Å². The summed E-state index contributed by atoms with van der Waals surface area (Å²) in [4.78, 5) is -0.265. The molecule has 1 aliphatic rings. The second-order valence-electron chi connectivity index (χ2n) is 5.06. The third kappa shape index (κ3) is 3.60. The van der Waals surface area contributed by atoms with Crippen molar-refractivity contribution in [2.24, 2.45) is 0 Å². The quantitative estimate of drug-likeness (QED) is 0.891. The van der Waals surface area contributed by atoms with Gasteiger partial charge in [-0.25, -0.2) is 12.8 Å². The van der Waals surface area contributed by atoms with Crippen LogP contribution in [0.1, 0.15) is 18.9 Å². The van der Waals surface area contributed by atoms with E-state index in [9.17, 15) is 12.8 Å². The van der Waals surface area contributed by atoms with E-state index in [2.05, 4.69) is 5.32 Å². The highest BCUT2D eigenvalue weighted by molar-refractivity contribution is 7.89. The van der Waals surface area contributed by atoms with Crippen LogP contribution in [0.3, 0.4) is 0 Å². The van der Waals surface area contributed by atoms with Crippen molar-refractivity contribution in [3.05, 3.63) is 29.6 Å².